The van der Waals surface area contributed by atoms with Crippen LogP contribution in [0.2, 0.25) is 0 Å². The first-order valence-corrected chi connectivity index (χ1v) is 10.7. The van der Waals surface area contributed by atoms with Gasteiger partial charge in [-0.1, -0.05) is 29.5 Å². The molecule has 0 bridgehead atoms. The Hall–Kier alpha value is -2.71. The van der Waals surface area contributed by atoms with E-state index in [1.807, 2.05) is 30.3 Å². The molecule has 0 spiro atoms. The highest BCUT2D eigenvalue weighted by Crippen LogP contribution is 2.34. The average molecular weight is 424 g/mol. The zero-order chi connectivity index (χ0) is 20.8. The fraction of sp³-hybridized carbons (Fsp3) is 0.261. The summed E-state index contributed by atoms with van der Waals surface area (Å²) in [6.07, 6.45) is 6.16. The Balaban J connectivity index is 1.37. The van der Waals surface area contributed by atoms with E-state index in [0.717, 1.165) is 54.5 Å². The molecule has 3 heterocycles. The number of aromatic nitrogens is 1. The molecule has 0 amide bonds. The summed E-state index contributed by atoms with van der Waals surface area (Å²) in [4.78, 5) is 7.50. The van der Waals surface area contributed by atoms with E-state index >= 15 is 0 Å². The Kier molecular flexibility index (Phi) is 6.76. The molecule has 156 valence electrons. The molecule has 7 heteroatoms. The minimum atomic E-state index is -0.833. The van der Waals surface area contributed by atoms with Crippen molar-refractivity contribution in [2.45, 2.75) is 12.8 Å². The number of thiophene rings is 1. The molecular weight excluding hydrogens is 398 g/mol. The SMILES string of the molecule is Oc1ccc(-c2ccncc2/C=C/C(O)Nc2ccc(CN3CCOCC3)cc2)s1. The molecule has 2 aromatic heterocycles. The van der Waals surface area contributed by atoms with Crippen molar-refractivity contribution >= 4 is 23.1 Å². The Morgan fingerprint density at radius 2 is 1.93 bits per heavy atom. The van der Waals surface area contributed by atoms with Gasteiger partial charge in [-0.3, -0.25) is 9.88 Å². The van der Waals surface area contributed by atoms with E-state index in [0.29, 0.717) is 0 Å². The summed E-state index contributed by atoms with van der Waals surface area (Å²) in [6, 6.07) is 13.6. The van der Waals surface area contributed by atoms with E-state index in [9.17, 15) is 10.2 Å². The summed E-state index contributed by atoms with van der Waals surface area (Å²) in [6.45, 7) is 4.43. The summed E-state index contributed by atoms with van der Waals surface area (Å²) in [5.41, 5.74) is 3.94. The van der Waals surface area contributed by atoms with E-state index in [-0.39, 0.29) is 5.06 Å². The zero-order valence-corrected chi connectivity index (χ0v) is 17.4. The van der Waals surface area contributed by atoms with Gasteiger partial charge in [-0.05, 0) is 42.0 Å². The second kappa shape index (κ2) is 9.86. The Bertz CT molecular complexity index is 981. The molecule has 1 aromatic carbocycles. The van der Waals surface area contributed by atoms with Crippen LogP contribution in [-0.2, 0) is 11.3 Å². The fourth-order valence-electron chi connectivity index (χ4n) is 3.37. The van der Waals surface area contributed by atoms with Crippen LogP contribution in [0.5, 0.6) is 5.06 Å². The number of anilines is 1. The van der Waals surface area contributed by atoms with Gasteiger partial charge in [0, 0.05) is 53.7 Å². The number of nitrogens with zero attached hydrogens (tertiary/aromatic N) is 2. The maximum absolute atomic E-state index is 10.4. The summed E-state index contributed by atoms with van der Waals surface area (Å²) >= 11 is 1.31. The molecule has 1 saturated heterocycles. The third kappa shape index (κ3) is 5.46. The van der Waals surface area contributed by atoms with E-state index in [2.05, 4.69) is 27.3 Å². The second-order valence-electron chi connectivity index (χ2n) is 7.13. The van der Waals surface area contributed by atoms with Crippen molar-refractivity contribution in [1.29, 1.82) is 0 Å². The van der Waals surface area contributed by atoms with Crippen LogP contribution in [0.15, 0.2) is 60.9 Å². The maximum atomic E-state index is 10.4. The van der Waals surface area contributed by atoms with Crippen molar-refractivity contribution < 1.29 is 14.9 Å². The van der Waals surface area contributed by atoms with Crippen molar-refractivity contribution in [3.05, 3.63) is 72.1 Å². The van der Waals surface area contributed by atoms with Crippen molar-refractivity contribution in [1.82, 2.24) is 9.88 Å². The van der Waals surface area contributed by atoms with Gasteiger partial charge in [-0.25, -0.2) is 0 Å². The third-order valence-electron chi connectivity index (χ3n) is 4.95. The molecule has 3 aromatic rings. The molecule has 1 aliphatic heterocycles. The molecule has 0 saturated carbocycles. The van der Waals surface area contributed by atoms with Crippen molar-refractivity contribution in [3.8, 4) is 15.5 Å². The molecule has 0 aliphatic carbocycles. The molecule has 1 unspecified atom stereocenters. The maximum Gasteiger partial charge on any atom is 0.171 e. The van der Waals surface area contributed by atoms with Crippen LogP contribution >= 0.6 is 11.3 Å². The number of aliphatic hydroxyl groups is 1. The van der Waals surface area contributed by atoms with E-state index in [4.69, 9.17) is 4.74 Å². The Morgan fingerprint density at radius 3 is 2.67 bits per heavy atom. The number of benzene rings is 1. The largest absolute Gasteiger partial charge is 0.499 e. The van der Waals surface area contributed by atoms with Crippen LogP contribution in [0.25, 0.3) is 16.5 Å². The third-order valence-corrected chi connectivity index (χ3v) is 5.87. The van der Waals surface area contributed by atoms with Crippen LogP contribution in [0, 0.1) is 0 Å². The lowest BCUT2D eigenvalue weighted by Crippen LogP contribution is -2.35. The number of aliphatic hydroxyl groups excluding tert-OH is 1. The van der Waals surface area contributed by atoms with Gasteiger partial charge in [0.05, 0.1) is 13.2 Å². The highest BCUT2D eigenvalue weighted by Gasteiger charge is 2.11. The monoisotopic (exact) mass is 423 g/mol. The molecular formula is C23H25N3O3S. The molecule has 0 radical (unpaired) electrons. The summed E-state index contributed by atoms with van der Waals surface area (Å²) in [7, 11) is 0. The van der Waals surface area contributed by atoms with E-state index < -0.39 is 6.23 Å². The van der Waals surface area contributed by atoms with Gasteiger partial charge in [-0.15, -0.1) is 0 Å². The van der Waals surface area contributed by atoms with Crippen molar-refractivity contribution in [2.75, 3.05) is 31.6 Å². The second-order valence-corrected chi connectivity index (χ2v) is 8.20. The Labute approximate surface area is 180 Å². The smallest absolute Gasteiger partial charge is 0.171 e. The number of morpholine rings is 1. The van der Waals surface area contributed by atoms with Crippen LogP contribution in [-0.4, -0.2) is 52.6 Å². The number of hydrogen-bond donors (Lipinski definition) is 3. The molecule has 6 nitrogen and oxygen atoms in total. The van der Waals surface area contributed by atoms with Crippen LogP contribution in [0.1, 0.15) is 11.1 Å². The average Bonchev–Trinajstić information content (AvgIpc) is 3.21. The first kappa shape index (κ1) is 20.6. The van der Waals surface area contributed by atoms with Gasteiger partial charge >= 0.3 is 0 Å². The highest BCUT2D eigenvalue weighted by molar-refractivity contribution is 7.17. The van der Waals surface area contributed by atoms with Crippen LogP contribution in [0.4, 0.5) is 5.69 Å². The van der Waals surface area contributed by atoms with Crippen LogP contribution in [0.3, 0.4) is 0 Å². The predicted octanol–water partition coefficient (Wildman–Crippen LogP) is 3.79. The van der Waals surface area contributed by atoms with Crippen molar-refractivity contribution in [3.63, 3.8) is 0 Å². The molecule has 1 aliphatic rings. The molecule has 1 atom stereocenters. The molecule has 3 N–H and O–H groups in total. The highest BCUT2D eigenvalue weighted by atomic mass is 32.1. The number of pyridine rings is 1. The standard InChI is InChI=1S/C23H25N3O3S/c27-22(7-3-18-15-24-10-9-20(18)21-6-8-23(28)30-21)25-19-4-1-17(2-5-19)16-26-11-13-29-14-12-26/h1-10,15,22,25,27-28H,11-14,16H2/b7-3+. The Morgan fingerprint density at radius 1 is 1.13 bits per heavy atom. The van der Waals surface area contributed by atoms with Gasteiger partial charge in [0.2, 0.25) is 0 Å². The van der Waals surface area contributed by atoms with Gasteiger partial charge in [-0.2, -0.15) is 0 Å². The molecule has 30 heavy (non-hydrogen) atoms. The lowest BCUT2D eigenvalue weighted by atomic mass is 10.1. The van der Waals surface area contributed by atoms with Crippen LogP contribution < -0.4 is 5.32 Å². The summed E-state index contributed by atoms with van der Waals surface area (Å²) in [5, 5.41) is 23.4. The number of hydrogen-bond acceptors (Lipinski definition) is 7. The number of ether oxygens (including phenoxy) is 1. The van der Waals surface area contributed by atoms with Gasteiger partial charge in [0.15, 0.2) is 5.06 Å². The number of nitrogens with one attached hydrogen (secondary N) is 1. The van der Waals surface area contributed by atoms with Gasteiger partial charge in [0.25, 0.3) is 0 Å². The number of rotatable bonds is 7. The fourth-order valence-corrected chi connectivity index (χ4v) is 4.17. The van der Waals surface area contributed by atoms with Gasteiger partial charge < -0.3 is 20.3 Å². The number of aromatic hydroxyl groups is 1. The van der Waals surface area contributed by atoms with E-state index in [1.165, 1.54) is 16.9 Å². The predicted molar refractivity (Wildman–Crippen MR) is 120 cm³/mol. The summed E-state index contributed by atoms with van der Waals surface area (Å²) < 4.78 is 5.39. The lowest BCUT2D eigenvalue weighted by molar-refractivity contribution is 0.0342. The minimum Gasteiger partial charge on any atom is -0.499 e. The lowest BCUT2D eigenvalue weighted by Gasteiger charge is -2.26. The zero-order valence-electron chi connectivity index (χ0n) is 16.6. The topological polar surface area (TPSA) is 77.9 Å². The van der Waals surface area contributed by atoms with E-state index in [1.54, 1.807) is 24.5 Å². The quantitative estimate of drug-likeness (QED) is 0.502. The minimum absolute atomic E-state index is 0.274. The normalized spacial score (nSPS) is 16.0. The molecule has 1 fully saturated rings. The molecule has 4 rings (SSSR count). The van der Waals surface area contributed by atoms with Gasteiger partial charge in [0.1, 0.15) is 6.23 Å². The van der Waals surface area contributed by atoms with Crippen molar-refractivity contribution in [2.24, 2.45) is 0 Å². The first-order chi connectivity index (χ1) is 14.7. The summed E-state index contributed by atoms with van der Waals surface area (Å²) in [5.74, 6) is 0. The first-order valence-electron chi connectivity index (χ1n) is 9.92.